The van der Waals surface area contributed by atoms with E-state index in [1.807, 2.05) is 18.2 Å². The standard InChI is InChI=1S/C23H31NO3/c1-26-20-2-3-21-18(10-20)9-19(14-27-21)22(25)24-5-4-23-11-15-6-16(12-23)8-17(7-15)13-23/h2-3,10,15-17,19H,4-9,11-14H2,1H3,(H,24,25)/t15?,16?,17?,19-,23?/m1/s1. The summed E-state index contributed by atoms with van der Waals surface area (Å²) >= 11 is 0. The van der Waals surface area contributed by atoms with Crippen molar-refractivity contribution in [2.75, 3.05) is 20.3 Å². The van der Waals surface area contributed by atoms with Gasteiger partial charge in [0.05, 0.1) is 13.0 Å². The number of methoxy groups -OCH3 is 1. The first-order chi connectivity index (χ1) is 13.1. The lowest BCUT2D eigenvalue weighted by molar-refractivity contribution is -0.126. The van der Waals surface area contributed by atoms with Crippen molar-refractivity contribution in [1.82, 2.24) is 5.32 Å². The molecule has 4 saturated carbocycles. The van der Waals surface area contributed by atoms with Crippen LogP contribution in [0.5, 0.6) is 11.5 Å². The number of fused-ring (bicyclic) bond motifs is 1. The Hall–Kier alpha value is -1.71. The van der Waals surface area contributed by atoms with Gasteiger partial charge in [-0.05, 0) is 98.3 Å². The Morgan fingerprint density at radius 3 is 2.56 bits per heavy atom. The Kier molecular flexibility index (Phi) is 4.33. The molecule has 1 amide bonds. The minimum absolute atomic E-state index is 0.0963. The van der Waals surface area contributed by atoms with Gasteiger partial charge in [0.15, 0.2) is 0 Å². The summed E-state index contributed by atoms with van der Waals surface area (Å²) in [6.45, 7) is 1.30. The molecule has 1 aliphatic heterocycles. The van der Waals surface area contributed by atoms with E-state index in [0.717, 1.165) is 47.8 Å². The van der Waals surface area contributed by atoms with Crippen LogP contribution in [0.15, 0.2) is 18.2 Å². The predicted molar refractivity (Wildman–Crippen MR) is 104 cm³/mol. The number of amides is 1. The summed E-state index contributed by atoms with van der Waals surface area (Å²) in [6.07, 6.45) is 10.6. The van der Waals surface area contributed by atoms with E-state index in [-0.39, 0.29) is 11.8 Å². The molecular formula is C23H31NO3. The normalized spacial score (nSPS) is 36.0. The largest absolute Gasteiger partial charge is 0.497 e. The summed E-state index contributed by atoms with van der Waals surface area (Å²) in [4.78, 5) is 12.7. The van der Waals surface area contributed by atoms with E-state index >= 15 is 0 Å². The number of rotatable bonds is 5. The van der Waals surface area contributed by atoms with Crippen molar-refractivity contribution in [2.24, 2.45) is 29.1 Å². The molecule has 4 fully saturated rings. The quantitative estimate of drug-likeness (QED) is 0.854. The summed E-state index contributed by atoms with van der Waals surface area (Å²) in [6, 6.07) is 5.84. The van der Waals surface area contributed by atoms with Crippen molar-refractivity contribution in [3.63, 3.8) is 0 Å². The minimum Gasteiger partial charge on any atom is -0.497 e. The summed E-state index contributed by atoms with van der Waals surface area (Å²) in [5.74, 6) is 4.68. The first kappa shape index (κ1) is 17.4. The summed E-state index contributed by atoms with van der Waals surface area (Å²) in [7, 11) is 1.67. The molecule has 0 radical (unpaired) electrons. The molecule has 4 heteroatoms. The number of nitrogens with one attached hydrogen (secondary N) is 1. The van der Waals surface area contributed by atoms with Gasteiger partial charge in [0.25, 0.3) is 0 Å². The molecule has 0 spiro atoms. The fourth-order valence-electron chi connectivity index (χ4n) is 6.86. The zero-order valence-corrected chi connectivity index (χ0v) is 16.3. The van der Waals surface area contributed by atoms with E-state index in [0.29, 0.717) is 12.0 Å². The summed E-state index contributed by atoms with van der Waals surface area (Å²) in [5.41, 5.74) is 1.60. The number of hydrogen-bond donors (Lipinski definition) is 1. The zero-order chi connectivity index (χ0) is 18.4. The smallest absolute Gasteiger partial charge is 0.226 e. The van der Waals surface area contributed by atoms with Gasteiger partial charge in [0, 0.05) is 6.54 Å². The lowest BCUT2D eigenvalue weighted by Crippen LogP contribution is -2.47. The number of carbonyl (C=O) groups excluding carboxylic acids is 1. The Balaban J connectivity index is 1.16. The fourth-order valence-corrected chi connectivity index (χ4v) is 6.86. The van der Waals surface area contributed by atoms with Crippen LogP contribution in [0.1, 0.15) is 50.5 Å². The molecule has 0 aromatic heterocycles. The highest BCUT2D eigenvalue weighted by molar-refractivity contribution is 5.79. The highest BCUT2D eigenvalue weighted by Gasteiger charge is 2.50. The lowest BCUT2D eigenvalue weighted by Gasteiger charge is -2.57. The maximum atomic E-state index is 12.7. The molecule has 5 aliphatic rings. The molecule has 4 bridgehead atoms. The van der Waals surface area contributed by atoms with Crippen LogP contribution < -0.4 is 14.8 Å². The average Bonchev–Trinajstić information content (AvgIpc) is 2.65. The van der Waals surface area contributed by atoms with Gasteiger partial charge in [-0.15, -0.1) is 0 Å². The molecule has 6 rings (SSSR count). The van der Waals surface area contributed by atoms with Crippen molar-refractivity contribution in [3.8, 4) is 11.5 Å². The van der Waals surface area contributed by atoms with Gasteiger partial charge in [-0.2, -0.15) is 0 Å². The number of hydrogen-bond acceptors (Lipinski definition) is 3. The Morgan fingerprint density at radius 1 is 1.19 bits per heavy atom. The Labute approximate surface area is 162 Å². The SMILES string of the molecule is COc1ccc2c(c1)C[C@@H](C(=O)NCCC13CC4CC(CC(C4)C1)C3)CO2. The number of ether oxygens (including phenoxy) is 2. The molecule has 0 unspecified atom stereocenters. The van der Waals surface area contributed by atoms with Gasteiger partial charge in [-0.25, -0.2) is 0 Å². The zero-order valence-electron chi connectivity index (χ0n) is 16.3. The van der Waals surface area contributed by atoms with Gasteiger partial charge >= 0.3 is 0 Å². The van der Waals surface area contributed by atoms with Gasteiger partial charge in [0.1, 0.15) is 18.1 Å². The molecule has 1 N–H and O–H groups in total. The fraction of sp³-hybridized carbons (Fsp3) is 0.696. The second-order valence-electron chi connectivity index (χ2n) is 9.64. The lowest BCUT2D eigenvalue weighted by atomic mass is 9.49. The topological polar surface area (TPSA) is 47.6 Å². The number of benzene rings is 1. The van der Waals surface area contributed by atoms with Crippen LogP contribution in [-0.4, -0.2) is 26.2 Å². The second-order valence-corrected chi connectivity index (χ2v) is 9.64. The second kappa shape index (κ2) is 6.72. The van der Waals surface area contributed by atoms with Crippen molar-refractivity contribution in [3.05, 3.63) is 23.8 Å². The van der Waals surface area contributed by atoms with Crippen LogP contribution in [0.25, 0.3) is 0 Å². The van der Waals surface area contributed by atoms with Crippen molar-refractivity contribution in [2.45, 2.75) is 51.4 Å². The van der Waals surface area contributed by atoms with E-state index in [4.69, 9.17) is 9.47 Å². The third-order valence-corrected chi connectivity index (χ3v) is 7.66. The molecule has 27 heavy (non-hydrogen) atoms. The monoisotopic (exact) mass is 369 g/mol. The average molecular weight is 370 g/mol. The third-order valence-electron chi connectivity index (χ3n) is 7.66. The first-order valence-electron chi connectivity index (χ1n) is 10.7. The van der Waals surface area contributed by atoms with Crippen LogP contribution in [0.3, 0.4) is 0 Å². The van der Waals surface area contributed by atoms with Gasteiger partial charge < -0.3 is 14.8 Å². The van der Waals surface area contributed by atoms with Crippen LogP contribution in [-0.2, 0) is 11.2 Å². The van der Waals surface area contributed by atoms with Gasteiger partial charge in [-0.3, -0.25) is 4.79 Å². The van der Waals surface area contributed by atoms with Crippen molar-refractivity contribution >= 4 is 5.91 Å². The highest BCUT2D eigenvalue weighted by Crippen LogP contribution is 2.61. The van der Waals surface area contributed by atoms with Crippen molar-refractivity contribution in [1.29, 1.82) is 0 Å². The first-order valence-corrected chi connectivity index (χ1v) is 10.7. The number of carbonyl (C=O) groups is 1. The van der Waals surface area contributed by atoms with Gasteiger partial charge in [-0.1, -0.05) is 0 Å². The highest BCUT2D eigenvalue weighted by atomic mass is 16.5. The van der Waals surface area contributed by atoms with E-state index < -0.39 is 0 Å². The van der Waals surface area contributed by atoms with Gasteiger partial charge in [0.2, 0.25) is 5.91 Å². The molecular weight excluding hydrogens is 338 g/mol. The van der Waals surface area contributed by atoms with Crippen LogP contribution in [0.2, 0.25) is 0 Å². The molecule has 1 aromatic rings. The molecule has 4 nitrogen and oxygen atoms in total. The Bertz CT molecular complexity index is 693. The molecule has 1 aromatic carbocycles. The molecule has 146 valence electrons. The summed E-state index contributed by atoms with van der Waals surface area (Å²) < 4.78 is 11.1. The van der Waals surface area contributed by atoms with Crippen molar-refractivity contribution < 1.29 is 14.3 Å². The molecule has 0 saturated heterocycles. The third kappa shape index (κ3) is 3.32. The van der Waals surface area contributed by atoms with Crippen LogP contribution >= 0.6 is 0 Å². The van der Waals surface area contributed by atoms with Crippen LogP contribution in [0, 0.1) is 29.1 Å². The van der Waals surface area contributed by atoms with E-state index in [9.17, 15) is 4.79 Å². The molecule has 1 atom stereocenters. The maximum Gasteiger partial charge on any atom is 0.226 e. The summed E-state index contributed by atoms with van der Waals surface area (Å²) in [5, 5.41) is 3.24. The maximum absolute atomic E-state index is 12.7. The van der Waals surface area contributed by atoms with E-state index in [1.165, 1.54) is 44.9 Å². The molecule has 1 heterocycles. The van der Waals surface area contributed by atoms with E-state index in [1.54, 1.807) is 7.11 Å². The minimum atomic E-state index is -0.0963. The Morgan fingerprint density at radius 2 is 1.89 bits per heavy atom. The predicted octanol–water partition coefficient (Wildman–Crippen LogP) is 3.97. The van der Waals surface area contributed by atoms with E-state index in [2.05, 4.69) is 5.32 Å². The van der Waals surface area contributed by atoms with Crippen LogP contribution in [0.4, 0.5) is 0 Å². The molecule has 4 aliphatic carbocycles.